The molecule has 1 aliphatic carbocycles. The number of nitrogens with one attached hydrogen (secondary N) is 2. The van der Waals surface area contributed by atoms with E-state index in [1.54, 1.807) is 5.48 Å². The topological polar surface area (TPSA) is 95.5 Å². The summed E-state index contributed by atoms with van der Waals surface area (Å²) in [6.45, 7) is 8.41. The van der Waals surface area contributed by atoms with Crippen LogP contribution in [0.2, 0.25) is 0 Å². The molecule has 2 fully saturated rings. The highest BCUT2D eigenvalue weighted by atomic mass is 32.2. The van der Waals surface area contributed by atoms with Gasteiger partial charge in [0.1, 0.15) is 15.4 Å². The zero-order chi connectivity index (χ0) is 24.5. The first kappa shape index (κ1) is 27.0. The molecule has 2 aromatic carbocycles. The normalized spacial score (nSPS) is 18.1. The van der Waals surface area contributed by atoms with Gasteiger partial charge in [0, 0.05) is 6.54 Å². The molecular weight excluding hydrogens is 436 g/mol. The van der Waals surface area contributed by atoms with Crippen molar-refractivity contribution in [2.75, 3.05) is 11.5 Å². The Bertz CT molecular complexity index is 968. The molecule has 3 N–H and O–H groups in total. The maximum atomic E-state index is 12.2. The number of sulfone groups is 1. The zero-order valence-electron chi connectivity index (χ0n) is 20.2. The molecule has 1 saturated heterocycles. The number of carbonyl (C=O) groups is 1. The van der Waals surface area contributed by atoms with E-state index >= 15 is 0 Å². The number of hydrogen-bond donors (Lipinski definition) is 3. The lowest BCUT2D eigenvalue weighted by atomic mass is 9.91. The summed E-state index contributed by atoms with van der Waals surface area (Å²) in [5.74, 6) is 0.0300. The molecule has 6 nitrogen and oxygen atoms in total. The van der Waals surface area contributed by atoms with E-state index in [0.717, 1.165) is 17.0 Å². The maximum absolute atomic E-state index is 12.2. The minimum absolute atomic E-state index is 0.0663. The van der Waals surface area contributed by atoms with Crippen LogP contribution in [0.4, 0.5) is 0 Å². The van der Waals surface area contributed by atoms with Crippen LogP contribution in [0.25, 0.3) is 11.1 Å². The van der Waals surface area contributed by atoms with Gasteiger partial charge < -0.3 is 0 Å². The Morgan fingerprint density at radius 2 is 1.39 bits per heavy atom. The number of hydrogen-bond acceptors (Lipinski definition) is 5. The van der Waals surface area contributed by atoms with E-state index in [1.165, 1.54) is 24.0 Å². The van der Waals surface area contributed by atoms with E-state index in [0.29, 0.717) is 6.54 Å². The van der Waals surface area contributed by atoms with Crippen LogP contribution in [0, 0.1) is 0 Å². The molecule has 1 heterocycles. The van der Waals surface area contributed by atoms with E-state index in [9.17, 15) is 13.2 Å². The van der Waals surface area contributed by atoms with Crippen LogP contribution in [0.3, 0.4) is 0 Å². The second kappa shape index (κ2) is 12.3. The van der Waals surface area contributed by atoms with Crippen LogP contribution < -0.4 is 10.8 Å². The molecule has 0 unspecified atom stereocenters. The van der Waals surface area contributed by atoms with Crippen molar-refractivity contribution in [3.63, 3.8) is 0 Å². The number of hydroxylamine groups is 1. The van der Waals surface area contributed by atoms with Crippen molar-refractivity contribution in [2.24, 2.45) is 0 Å². The van der Waals surface area contributed by atoms with Gasteiger partial charge in [-0.1, -0.05) is 76.2 Å². The third-order valence-corrected chi connectivity index (χ3v) is 7.75. The van der Waals surface area contributed by atoms with Gasteiger partial charge in [-0.15, -0.1) is 0 Å². The molecule has 0 spiro atoms. The van der Waals surface area contributed by atoms with Gasteiger partial charge in [-0.2, -0.15) is 0 Å². The van der Waals surface area contributed by atoms with Crippen LogP contribution in [-0.2, 0) is 21.2 Å². The Morgan fingerprint density at radius 3 is 1.85 bits per heavy atom. The summed E-state index contributed by atoms with van der Waals surface area (Å²) in [5.41, 5.74) is 5.32. The van der Waals surface area contributed by atoms with Crippen molar-refractivity contribution >= 4 is 15.7 Å². The SMILES string of the molecule is CC.CC.O=C(NO)C1(NCc2ccc(-c3ccc(C4CC4)cc3)cc2)CCS(=O)(=O)CC1. The quantitative estimate of drug-likeness (QED) is 0.412. The maximum Gasteiger partial charge on any atom is 0.263 e. The Labute approximate surface area is 198 Å². The molecule has 1 saturated carbocycles. The standard InChI is InChI=1S/C22H26N2O4S.2C2H6/c25-21(24-26)22(11-13-29(27,28)14-12-22)23-15-16-1-3-17(4-2-16)18-5-7-19(8-6-18)20-9-10-20;2*1-2/h1-8,20,23,26H,9-15H2,(H,24,25);2*1-2H3. The Kier molecular flexibility index (Phi) is 10.1. The molecule has 7 heteroatoms. The third kappa shape index (κ3) is 7.13. The average Bonchev–Trinajstić information content (AvgIpc) is 3.72. The second-order valence-corrected chi connectivity index (χ2v) is 10.4. The van der Waals surface area contributed by atoms with Gasteiger partial charge in [0.2, 0.25) is 0 Å². The van der Waals surface area contributed by atoms with Gasteiger partial charge in [-0.3, -0.25) is 15.3 Å². The van der Waals surface area contributed by atoms with Gasteiger partial charge in [0.05, 0.1) is 11.5 Å². The number of carbonyl (C=O) groups excluding carboxylic acids is 1. The molecule has 0 bridgehead atoms. The lowest BCUT2D eigenvalue weighted by Gasteiger charge is -2.35. The fraction of sp³-hybridized carbons (Fsp3) is 0.500. The molecule has 0 aromatic heterocycles. The van der Waals surface area contributed by atoms with Gasteiger partial charge in [-0.25, -0.2) is 13.9 Å². The largest absolute Gasteiger partial charge is 0.299 e. The lowest BCUT2D eigenvalue weighted by Crippen LogP contribution is -2.59. The number of benzene rings is 2. The molecule has 2 aromatic rings. The minimum atomic E-state index is -3.12. The van der Waals surface area contributed by atoms with Crippen LogP contribution in [0.5, 0.6) is 0 Å². The summed E-state index contributed by atoms with van der Waals surface area (Å²) in [6, 6.07) is 16.8. The first-order valence-corrected chi connectivity index (χ1v) is 13.8. The fourth-order valence-electron chi connectivity index (χ4n) is 3.93. The highest BCUT2D eigenvalue weighted by Crippen LogP contribution is 2.40. The highest BCUT2D eigenvalue weighted by Gasteiger charge is 2.43. The summed E-state index contributed by atoms with van der Waals surface area (Å²) >= 11 is 0. The minimum Gasteiger partial charge on any atom is -0.299 e. The van der Waals surface area contributed by atoms with Gasteiger partial charge >= 0.3 is 0 Å². The molecule has 0 radical (unpaired) electrons. The van der Waals surface area contributed by atoms with Crippen molar-refractivity contribution in [3.8, 4) is 11.1 Å². The smallest absolute Gasteiger partial charge is 0.263 e. The predicted octanol–water partition coefficient (Wildman–Crippen LogP) is 4.83. The number of rotatable bonds is 6. The number of amides is 1. The van der Waals surface area contributed by atoms with E-state index < -0.39 is 21.3 Å². The van der Waals surface area contributed by atoms with Crippen molar-refractivity contribution in [1.82, 2.24) is 10.8 Å². The van der Waals surface area contributed by atoms with Crippen molar-refractivity contribution in [3.05, 3.63) is 59.7 Å². The molecule has 33 heavy (non-hydrogen) atoms. The third-order valence-electron chi connectivity index (χ3n) is 6.09. The van der Waals surface area contributed by atoms with Crippen LogP contribution in [-0.4, -0.2) is 36.6 Å². The van der Waals surface area contributed by atoms with Crippen LogP contribution in [0.1, 0.15) is 70.4 Å². The van der Waals surface area contributed by atoms with Gasteiger partial charge in [0.25, 0.3) is 5.91 Å². The van der Waals surface area contributed by atoms with Gasteiger partial charge in [0.15, 0.2) is 0 Å². The predicted molar refractivity (Wildman–Crippen MR) is 134 cm³/mol. The molecule has 182 valence electrons. The van der Waals surface area contributed by atoms with E-state index in [4.69, 9.17) is 5.21 Å². The molecule has 4 rings (SSSR count). The van der Waals surface area contributed by atoms with Crippen molar-refractivity contribution in [2.45, 2.75) is 71.4 Å². The first-order chi connectivity index (χ1) is 15.9. The van der Waals surface area contributed by atoms with E-state index in [-0.39, 0.29) is 24.3 Å². The Morgan fingerprint density at radius 1 is 0.909 bits per heavy atom. The highest BCUT2D eigenvalue weighted by molar-refractivity contribution is 7.91. The summed E-state index contributed by atoms with van der Waals surface area (Å²) in [7, 11) is -3.12. The van der Waals surface area contributed by atoms with Crippen LogP contribution >= 0.6 is 0 Å². The van der Waals surface area contributed by atoms with E-state index in [1.807, 2.05) is 52.0 Å². The second-order valence-electron chi connectivity index (χ2n) is 8.12. The average molecular weight is 475 g/mol. The lowest BCUT2D eigenvalue weighted by molar-refractivity contribution is -0.136. The molecule has 0 atom stereocenters. The van der Waals surface area contributed by atoms with Crippen molar-refractivity contribution in [1.29, 1.82) is 0 Å². The molecule has 2 aliphatic rings. The summed E-state index contributed by atoms with van der Waals surface area (Å²) in [4.78, 5) is 12.2. The summed E-state index contributed by atoms with van der Waals surface area (Å²) in [5, 5.41) is 12.3. The zero-order valence-corrected chi connectivity index (χ0v) is 21.0. The summed E-state index contributed by atoms with van der Waals surface area (Å²) in [6.07, 6.45) is 2.88. The fourth-order valence-corrected chi connectivity index (χ4v) is 5.45. The monoisotopic (exact) mass is 474 g/mol. The summed E-state index contributed by atoms with van der Waals surface area (Å²) < 4.78 is 23.5. The van der Waals surface area contributed by atoms with E-state index in [2.05, 4.69) is 29.6 Å². The first-order valence-electron chi connectivity index (χ1n) is 12.0. The van der Waals surface area contributed by atoms with Gasteiger partial charge in [-0.05, 0) is 53.9 Å². The molecule has 1 amide bonds. The van der Waals surface area contributed by atoms with Crippen LogP contribution in [0.15, 0.2) is 48.5 Å². The Hall–Kier alpha value is -2.22. The molecular formula is C26H38N2O4S. The molecule has 1 aliphatic heterocycles. The van der Waals surface area contributed by atoms with Crippen molar-refractivity contribution < 1.29 is 18.4 Å². The Balaban J connectivity index is 0.000000914.